The van der Waals surface area contributed by atoms with E-state index in [0.717, 1.165) is 23.5 Å². The number of H-pyrrole nitrogens is 1. The number of benzene rings is 1. The van der Waals surface area contributed by atoms with Crippen LogP contribution in [0.25, 0.3) is 16.7 Å². The van der Waals surface area contributed by atoms with Crippen LogP contribution < -0.4 is 11.3 Å². The molecule has 0 bridgehead atoms. The lowest BCUT2D eigenvalue weighted by molar-refractivity contribution is -0.136. The molecule has 1 atom stereocenters. The van der Waals surface area contributed by atoms with Crippen LogP contribution >= 0.6 is 0 Å². The van der Waals surface area contributed by atoms with Gasteiger partial charge in [0.05, 0.1) is 28.7 Å². The van der Waals surface area contributed by atoms with Crippen molar-refractivity contribution in [2.45, 2.75) is 25.1 Å². The number of aromatic amines is 1. The van der Waals surface area contributed by atoms with Crippen LogP contribution in [-0.4, -0.2) is 19.7 Å². The summed E-state index contributed by atoms with van der Waals surface area (Å²) in [4.78, 5) is 17.3. The Morgan fingerprint density at radius 2 is 2.04 bits per heavy atom. The van der Waals surface area contributed by atoms with Gasteiger partial charge in [-0.25, -0.2) is 9.55 Å². The second-order valence-electron chi connectivity index (χ2n) is 6.11. The summed E-state index contributed by atoms with van der Waals surface area (Å²) in [5.74, 6) is 0.648. The van der Waals surface area contributed by atoms with E-state index in [9.17, 15) is 18.0 Å². The number of nitrogens with two attached hydrogens (primary N) is 1. The van der Waals surface area contributed by atoms with E-state index < -0.39 is 28.7 Å². The lowest BCUT2D eigenvalue weighted by Gasteiger charge is -2.18. The molecule has 6 nitrogen and oxygen atoms in total. The molecular formula is C16H14F3N5O. The van der Waals surface area contributed by atoms with Gasteiger partial charge in [-0.15, -0.1) is 0 Å². The molecule has 4 rings (SSSR count). The maximum Gasteiger partial charge on any atom is 0.417 e. The molecule has 0 spiro atoms. The van der Waals surface area contributed by atoms with Crippen molar-refractivity contribution in [2.75, 3.05) is 0 Å². The van der Waals surface area contributed by atoms with E-state index in [1.807, 2.05) is 0 Å². The smallest absolute Gasteiger partial charge is 0.321 e. The Kier molecular flexibility index (Phi) is 3.43. The molecule has 1 aliphatic carbocycles. The number of nitrogens with one attached hydrogen (secondary N) is 1. The minimum absolute atomic E-state index is 0.0123. The summed E-state index contributed by atoms with van der Waals surface area (Å²) in [6.45, 7) is 0. The maximum absolute atomic E-state index is 13.3. The Morgan fingerprint density at radius 1 is 1.28 bits per heavy atom. The molecule has 1 aromatic carbocycles. The van der Waals surface area contributed by atoms with Crippen molar-refractivity contribution in [1.82, 2.24) is 19.7 Å². The molecule has 2 aromatic heterocycles. The van der Waals surface area contributed by atoms with Crippen molar-refractivity contribution >= 4 is 10.9 Å². The van der Waals surface area contributed by atoms with Gasteiger partial charge >= 0.3 is 6.18 Å². The molecule has 0 saturated heterocycles. The number of hydrogen-bond donors (Lipinski definition) is 2. The van der Waals surface area contributed by atoms with E-state index >= 15 is 0 Å². The molecule has 0 aliphatic heterocycles. The van der Waals surface area contributed by atoms with Crippen LogP contribution in [0.5, 0.6) is 0 Å². The third-order valence-corrected chi connectivity index (χ3v) is 4.38. The van der Waals surface area contributed by atoms with Gasteiger partial charge in [-0.05, 0) is 30.9 Å². The average Bonchev–Trinajstić information content (AvgIpc) is 3.28. The summed E-state index contributed by atoms with van der Waals surface area (Å²) in [7, 11) is 0. The molecule has 2 heterocycles. The standard InChI is InChI=1S/C16H14F3N5O/c17-16(18,19)9-2-1-3-10-12(9)15(25)24(11-6-7-21-23-11)14(22-10)13(20)8-4-5-8/h1-3,6-8,13H,4-5,20H2,(H,21,23). The first kappa shape index (κ1) is 15.8. The van der Waals surface area contributed by atoms with Gasteiger partial charge in [0.2, 0.25) is 0 Å². The highest BCUT2D eigenvalue weighted by atomic mass is 19.4. The summed E-state index contributed by atoms with van der Waals surface area (Å²) in [6, 6.07) is 4.48. The largest absolute Gasteiger partial charge is 0.417 e. The van der Waals surface area contributed by atoms with E-state index in [2.05, 4.69) is 15.2 Å². The van der Waals surface area contributed by atoms with Crippen LogP contribution in [0.15, 0.2) is 35.3 Å². The van der Waals surface area contributed by atoms with Crippen LogP contribution in [0.4, 0.5) is 13.2 Å². The van der Waals surface area contributed by atoms with Gasteiger partial charge in [0.15, 0.2) is 0 Å². The molecule has 1 saturated carbocycles. The molecule has 9 heteroatoms. The highest BCUT2D eigenvalue weighted by Gasteiger charge is 2.37. The second-order valence-corrected chi connectivity index (χ2v) is 6.11. The normalized spacial score (nSPS) is 16.3. The van der Waals surface area contributed by atoms with Crippen molar-refractivity contribution in [2.24, 2.45) is 11.7 Å². The molecule has 1 aliphatic rings. The molecule has 130 valence electrons. The predicted molar refractivity (Wildman–Crippen MR) is 84.1 cm³/mol. The second kappa shape index (κ2) is 5.41. The van der Waals surface area contributed by atoms with Crippen molar-refractivity contribution in [1.29, 1.82) is 0 Å². The molecule has 1 unspecified atom stereocenters. The first-order chi connectivity index (χ1) is 11.9. The third-order valence-electron chi connectivity index (χ3n) is 4.38. The van der Waals surface area contributed by atoms with Gasteiger partial charge < -0.3 is 5.73 Å². The van der Waals surface area contributed by atoms with Crippen molar-refractivity contribution in [3.63, 3.8) is 0 Å². The SMILES string of the molecule is NC(c1nc2cccc(C(F)(F)F)c2c(=O)n1-c1ccn[nH]1)C1CC1. The van der Waals surface area contributed by atoms with E-state index in [-0.39, 0.29) is 23.1 Å². The van der Waals surface area contributed by atoms with E-state index in [4.69, 9.17) is 5.73 Å². The predicted octanol–water partition coefficient (Wildman–Crippen LogP) is 2.54. The fourth-order valence-corrected chi connectivity index (χ4v) is 2.98. The number of halogens is 3. The van der Waals surface area contributed by atoms with Gasteiger partial charge in [-0.3, -0.25) is 9.89 Å². The molecule has 3 aromatic rings. The molecule has 0 amide bonds. The van der Waals surface area contributed by atoms with Crippen molar-refractivity contribution < 1.29 is 13.2 Å². The monoisotopic (exact) mass is 349 g/mol. The zero-order valence-electron chi connectivity index (χ0n) is 12.9. The zero-order chi connectivity index (χ0) is 17.8. The van der Waals surface area contributed by atoms with Crippen molar-refractivity contribution in [3.8, 4) is 5.82 Å². The maximum atomic E-state index is 13.3. The van der Waals surface area contributed by atoms with Gasteiger partial charge in [0, 0.05) is 6.07 Å². The topological polar surface area (TPSA) is 89.6 Å². The van der Waals surface area contributed by atoms with Gasteiger partial charge in [-0.2, -0.15) is 18.3 Å². The number of rotatable bonds is 3. The van der Waals surface area contributed by atoms with Crippen LogP contribution in [-0.2, 0) is 6.18 Å². The van der Waals surface area contributed by atoms with Crippen LogP contribution in [0.2, 0.25) is 0 Å². The number of fused-ring (bicyclic) bond motifs is 1. The lowest BCUT2D eigenvalue weighted by atomic mass is 10.1. The number of nitrogens with zero attached hydrogens (tertiary/aromatic N) is 3. The van der Waals surface area contributed by atoms with Crippen LogP contribution in [0, 0.1) is 5.92 Å². The third kappa shape index (κ3) is 2.60. The minimum Gasteiger partial charge on any atom is -0.321 e. The summed E-state index contributed by atoms with van der Waals surface area (Å²) in [5, 5.41) is 5.91. The van der Waals surface area contributed by atoms with Gasteiger partial charge in [-0.1, -0.05) is 6.07 Å². The Labute approximate surface area is 139 Å². The number of hydrogen-bond acceptors (Lipinski definition) is 4. The molecule has 0 radical (unpaired) electrons. The van der Waals surface area contributed by atoms with E-state index in [0.29, 0.717) is 0 Å². The molecule has 1 fully saturated rings. The quantitative estimate of drug-likeness (QED) is 0.760. The lowest BCUT2D eigenvalue weighted by Crippen LogP contribution is -2.30. The Hall–Kier alpha value is -2.68. The van der Waals surface area contributed by atoms with Gasteiger partial charge in [0.25, 0.3) is 5.56 Å². The fourth-order valence-electron chi connectivity index (χ4n) is 2.98. The Morgan fingerprint density at radius 3 is 2.64 bits per heavy atom. The van der Waals surface area contributed by atoms with Crippen LogP contribution in [0.3, 0.4) is 0 Å². The Balaban J connectivity index is 2.09. The number of aromatic nitrogens is 4. The minimum atomic E-state index is -4.66. The Bertz CT molecular complexity index is 989. The van der Waals surface area contributed by atoms with E-state index in [1.54, 1.807) is 0 Å². The highest BCUT2D eigenvalue weighted by Crippen LogP contribution is 2.39. The van der Waals surface area contributed by atoms with Crippen molar-refractivity contribution in [3.05, 3.63) is 52.2 Å². The number of alkyl halides is 3. The van der Waals surface area contributed by atoms with Gasteiger partial charge in [0.1, 0.15) is 11.6 Å². The molecule has 25 heavy (non-hydrogen) atoms. The highest BCUT2D eigenvalue weighted by molar-refractivity contribution is 5.82. The average molecular weight is 349 g/mol. The van der Waals surface area contributed by atoms with E-state index in [1.165, 1.54) is 24.4 Å². The van der Waals surface area contributed by atoms with Crippen LogP contribution in [0.1, 0.15) is 30.3 Å². The summed E-state index contributed by atoms with van der Waals surface area (Å²) in [6.07, 6.45) is -1.44. The molecular weight excluding hydrogens is 335 g/mol. The summed E-state index contributed by atoms with van der Waals surface area (Å²) < 4.78 is 41.2. The fraction of sp³-hybridized carbons (Fsp3) is 0.312. The molecule has 3 N–H and O–H groups in total. The summed E-state index contributed by atoms with van der Waals surface area (Å²) in [5.41, 5.74) is 4.38. The summed E-state index contributed by atoms with van der Waals surface area (Å²) >= 11 is 0. The zero-order valence-corrected chi connectivity index (χ0v) is 12.9. The first-order valence-corrected chi connectivity index (χ1v) is 7.76. The first-order valence-electron chi connectivity index (χ1n) is 7.76.